The molecule has 0 radical (unpaired) electrons. The maximum Gasteiger partial charge on any atom is 0.227 e. The molecule has 1 saturated heterocycles. The number of anilines is 1. The molecule has 1 aliphatic rings. The molecule has 2 heterocycles. The van der Waals surface area contributed by atoms with Gasteiger partial charge in [-0.25, -0.2) is 4.98 Å². The summed E-state index contributed by atoms with van der Waals surface area (Å²) in [4.78, 5) is 21.8. The van der Waals surface area contributed by atoms with E-state index < -0.39 is 0 Å². The van der Waals surface area contributed by atoms with Crippen molar-refractivity contribution in [1.29, 1.82) is 0 Å². The summed E-state index contributed by atoms with van der Waals surface area (Å²) in [6.45, 7) is 9.54. The third kappa shape index (κ3) is 3.83. The standard InChI is InChI=1S/C22H25N3OS/c1-15-5-4-6-18(12-15)14-20(26)24-7-9-25(10-8-24)22-23-19-13-16(2)11-17(3)21(19)27-22/h4-6,11-13H,7-10,14H2,1-3H3. The fourth-order valence-electron chi connectivity index (χ4n) is 3.76. The zero-order valence-electron chi connectivity index (χ0n) is 16.2. The zero-order chi connectivity index (χ0) is 19.0. The van der Waals surface area contributed by atoms with E-state index in [-0.39, 0.29) is 5.91 Å². The fourth-order valence-corrected chi connectivity index (χ4v) is 4.82. The van der Waals surface area contributed by atoms with E-state index in [0.717, 1.165) is 42.4 Å². The van der Waals surface area contributed by atoms with Gasteiger partial charge in [0.1, 0.15) is 0 Å². The summed E-state index contributed by atoms with van der Waals surface area (Å²) in [5.74, 6) is 0.219. The monoisotopic (exact) mass is 379 g/mol. The second-order valence-corrected chi connectivity index (χ2v) is 8.44. The molecule has 3 aromatic rings. The van der Waals surface area contributed by atoms with Gasteiger partial charge in [-0.05, 0) is 43.5 Å². The molecule has 1 fully saturated rings. The maximum absolute atomic E-state index is 12.6. The van der Waals surface area contributed by atoms with Crippen LogP contribution >= 0.6 is 11.3 Å². The van der Waals surface area contributed by atoms with E-state index in [4.69, 9.17) is 4.98 Å². The summed E-state index contributed by atoms with van der Waals surface area (Å²) >= 11 is 1.76. The Morgan fingerprint density at radius 3 is 2.56 bits per heavy atom. The van der Waals surface area contributed by atoms with E-state index in [1.165, 1.54) is 21.4 Å². The summed E-state index contributed by atoms with van der Waals surface area (Å²) in [6.07, 6.45) is 0.487. The molecule has 0 saturated carbocycles. The van der Waals surface area contributed by atoms with Crippen molar-refractivity contribution in [1.82, 2.24) is 9.88 Å². The number of rotatable bonds is 3. The Bertz CT molecular complexity index is 986. The Hall–Kier alpha value is -2.40. The van der Waals surface area contributed by atoms with Crippen molar-refractivity contribution >= 4 is 32.6 Å². The van der Waals surface area contributed by atoms with Crippen LogP contribution in [0, 0.1) is 20.8 Å². The van der Waals surface area contributed by atoms with Crippen molar-refractivity contribution in [2.45, 2.75) is 27.2 Å². The van der Waals surface area contributed by atoms with Crippen molar-refractivity contribution < 1.29 is 4.79 Å². The number of carbonyl (C=O) groups excluding carboxylic acids is 1. The summed E-state index contributed by atoms with van der Waals surface area (Å²) in [5.41, 5.74) is 5.93. The third-order valence-electron chi connectivity index (χ3n) is 5.15. The Balaban J connectivity index is 1.41. The first-order valence-electron chi connectivity index (χ1n) is 9.45. The highest BCUT2D eigenvalue weighted by atomic mass is 32.1. The molecule has 1 aliphatic heterocycles. The predicted octanol–water partition coefficient (Wildman–Crippen LogP) is 4.11. The van der Waals surface area contributed by atoms with E-state index in [2.05, 4.69) is 49.9 Å². The largest absolute Gasteiger partial charge is 0.345 e. The first-order valence-corrected chi connectivity index (χ1v) is 10.3. The van der Waals surface area contributed by atoms with Gasteiger partial charge < -0.3 is 9.80 Å². The van der Waals surface area contributed by atoms with E-state index in [1.54, 1.807) is 11.3 Å². The number of fused-ring (bicyclic) bond motifs is 1. The summed E-state index contributed by atoms with van der Waals surface area (Å²) in [5, 5.41) is 1.07. The lowest BCUT2D eigenvalue weighted by atomic mass is 10.1. The molecule has 0 aliphatic carbocycles. The van der Waals surface area contributed by atoms with Crippen LogP contribution in [0.4, 0.5) is 5.13 Å². The van der Waals surface area contributed by atoms with Crippen LogP contribution in [0.1, 0.15) is 22.3 Å². The van der Waals surface area contributed by atoms with Crippen molar-refractivity contribution in [3.05, 3.63) is 58.7 Å². The fraction of sp³-hybridized carbons (Fsp3) is 0.364. The average Bonchev–Trinajstić information content (AvgIpc) is 3.06. The number of carbonyl (C=O) groups is 1. The molecule has 27 heavy (non-hydrogen) atoms. The Labute approximate surface area is 164 Å². The molecule has 4 rings (SSSR count). The molecule has 5 heteroatoms. The summed E-state index contributed by atoms with van der Waals surface area (Å²) in [6, 6.07) is 12.6. The summed E-state index contributed by atoms with van der Waals surface area (Å²) in [7, 11) is 0. The topological polar surface area (TPSA) is 36.4 Å². The number of piperazine rings is 1. The van der Waals surface area contributed by atoms with Gasteiger partial charge in [-0.2, -0.15) is 0 Å². The van der Waals surface area contributed by atoms with Gasteiger partial charge >= 0.3 is 0 Å². The minimum absolute atomic E-state index is 0.219. The van der Waals surface area contributed by atoms with Gasteiger partial charge in [0.25, 0.3) is 0 Å². The minimum Gasteiger partial charge on any atom is -0.345 e. The predicted molar refractivity (Wildman–Crippen MR) is 113 cm³/mol. The van der Waals surface area contributed by atoms with Crippen molar-refractivity contribution in [2.75, 3.05) is 31.1 Å². The Morgan fingerprint density at radius 2 is 1.81 bits per heavy atom. The number of benzene rings is 2. The van der Waals surface area contributed by atoms with E-state index in [9.17, 15) is 4.79 Å². The number of aromatic nitrogens is 1. The molecule has 2 aromatic carbocycles. The highest BCUT2D eigenvalue weighted by molar-refractivity contribution is 7.22. The number of nitrogens with zero attached hydrogens (tertiary/aromatic N) is 3. The van der Waals surface area contributed by atoms with Crippen molar-refractivity contribution in [3.8, 4) is 0 Å². The number of amides is 1. The second kappa shape index (κ2) is 7.31. The average molecular weight is 380 g/mol. The highest BCUT2D eigenvalue weighted by Crippen LogP contribution is 2.32. The van der Waals surface area contributed by atoms with Crippen LogP contribution in [-0.4, -0.2) is 42.0 Å². The van der Waals surface area contributed by atoms with Gasteiger partial charge in [-0.15, -0.1) is 0 Å². The van der Waals surface area contributed by atoms with Gasteiger partial charge in [0.05, 0.1) is 16.6 Å². The first kappa shape index (κ1) is 18.0. The molecule has 1 amide bonds. The molecule has 1 aromatic heterocycles. The van der Waals surface area contributed by atoms with Gasteiger partial charge in [0.15, 0.2) is 5.13 Å². The quantitative estimate of drug-likeness (QED) is 0.687. The van der Waals surface area contributed by atoms with E-state index in [1.807, 2.05) is 17.0 Å². The minimum atomic E-state index is 0.219. The van der Waals surface area contributed by atoms with Crippen LogP contribution < -0.4 is 4.90 Å². The molecule has 4 nitrogen and oxygen atoms in total. The molecule has 0 spiro atoms. The van der Waals surface area contributed by atoms with Crippen LogP contribution in [0.3, 0.4) is 0 Å². The zero-order valence-corrected chi connectivity index (χ0v) is 17.0. The molecule has 0 atom stereocenters. The van der Waals surface area contributed by atoms with Crippen molar-refractivity contribution in [2.24, 2.45) is 0 Å². The van der Waals surface area contributed by atoms with Gasteiger partial charge in [-0.1, -0.05) is 47.2 Å². The van der Waals surface area contributed by atoms with Crippen LogP contribution in [0.15, 0.2) is 36.4 Å². The molecular weight excluding hydrogens is 354 g/mol. The lowest BCUT2D eigenvalue weighted by Crippen LogP contribution is -2.49. The smallest absolute Gasteiger partial charge is 0.227 e. The van der Waals surface area contributed by atoms with E-state index in [0.29, 0.717) is 6.42 Å². The van der Waals surface area contributed by atoms with Crippen LogP contribution in [0.5, 0.6) is 0 Å². The maximum atomic E-state index is 12.6. The molecule has 0 bridgehead atoms. The first-order chi connectivity index (χ1) is 13.0. The number of hydrogen-bond acceptors (Lipinski definition) is 4. The summed E-state index contributed by atoms with van der Waals surface area (Å²) < 4.78 is 1.27. The number of hydrogen-bond donors (Lipinski definition) is 0. The van der Waals surface area contributed by atoms with Gasteiger partial charge in [0.2, 0.25) is 5.91 Å². The molecule has 140 valence electrons. The molecule has 0 unspecified atom stereocenters. The van der Waals surface area contributed by atoms with Gasteiger partial charge in [-0.3, -0.25) is 4.79 Å². The SMILES string of the molecule is Cc1cccc(CC(=O)N2CCN(c3nc4cc(C)cc(C)c4s3)CC2)c1. The lowest BCUT2D eigenvalue weighted by Gasteiger charge is -2.34. The van der Waals surface area contributed by atoms with E-state index >= 15 is 0 Å². The number of aryl methyl sites for hydroxylation is 3. The normalized spacial score (nSPS) is 14.8. The third-order valence-corrected chi connectivity index (χ3v) is 6.42. The van der Waals surface area contributed by atoms with Crippen LogP contribution in [0.25, 0.3) is 10.2 Å². The van der Waals surface area contributed by atoms with Crippen LogP contribution in [-0.2, 0) is 11.2 Å². The second-order valence-electron chi connectivity index (χ2n) is 7.46. The molecule has 0 N–H and O–H groups in total. The highest BCUT2D eigenvalue weighted by Gasteiger charge is 2.23. The van der Waals surface area contributed by atoms with Crippen LogP contribution in [0.2, 0.25) is 0 Å². The number of thiazole rings is 1. The lowest BCUT2D eigenvalue weighted by molar-refractivity contribution is -0.130. The van der Waals surface area contributed by atoms with Gasteiger partial charge in [0, 0.05) is 26.2 Å². The Kier molecular flexibility index (Phi) is 4.87. The molecular formula is C22H25N3OS. The van der Waals surface area contributed by atoms with Crippen molar-refractivity contribution in [3.63, 3.8) is 0 Å². The Morgan fingerprint density at radius 1 is 1.04 bits per heavy atom.